The second kappa shape index (κ2) is 4.98. The van der Waals surface area contributed by atoms with E-state index in [0.717, 1.165) is 0 Å². The first-order chi connectivity index (χ1) is 8.63. The highest BCUT2D eigenvalue weighted by Crippen LogP contribution is 2.32. The number of benzene rings is 1. The standard InChI is InChI=1S/C14H13NO3/c16-13(17)9-14(18,11-5-2-1-3-6-11)12-7-4-8-15-10-12/h1-8,10,18H,9H2,(H,16,17). The highest BCUT2D eigenvalue weighted by molar-refractivity contribution is 5.69. The second-order valence-electron chi connectivity index (χ2n) is 4.04. The Balaban J connectivity index is 2.51. The van der Waals surface area contributed by atoms with E-state index in [1.54, 1.807) is 42.6 Å². The van der Waals surface area contributed by atoms with Crippen molar-refractivity contribution in [3.05, 3.63) is 66.0 Å². The molecule has 0 saturated carbocycles. The quantitative estimate of drug-likeness (QED) is 0.858. The molecule has 1 atom stereocenters. The summed E-state index contributed by atoms with van der Waals surface area (Å²) in [5.41, 5.74) is -0.541. The third-order valence-corrected chi connectivity index (χ3v) is 2.80. The topological polar surface area (TPSA) is 70.4 Å². The summed E-state index contributed by atoms with van der Waals surface area (Å²) in [4.78, 5) is 14.9. The molecule has 0 bridgehead atoms. The summed E-state index contributed by atoms with van der Waals surface area (Å²) < 4.78 is 0. The molecule has 1 unspecified atom stereocenters. The van der Waals surface area contributed by atoms with Gasteiger partial charge in [0, 0.05) is 18.0 Å². The van der Waals surface area contributed by atoms with Gasteiger partial charge in [-0.05, 0) is 11.6 Å². The van der Waals surface area contributed by atoms with E-state index in [0.29, 0.717) is 11.1 Å². The Kier molecular flexibility index (Phi) is 3.39. The van der Waals surface area contributed by atoms with Crippen LogP contribution in [0.2, 0.25) is 0 Å². The number of rotatable bonds is 4. The summed E-state index contributed by atoms with van der Waals surface area (Å²) in [5.74, 6) is -1.06. The van der Waals surface area contributed by atoms with E-state index < -0.39 is 18.0 Å². The molecule has 0 aliphatic carbocycles. The fraction of sp³-hybridized carbons (Fsp3) is 0.143. The number of carboxylic acids is 1. The van der Waals surface area contributed by atoms with Crippen LogP contribution >= 0.6 is 0 Å². The van der Waals surface area contributed by atoms with Crippen LogP contribution in [0.1, 0.15) is 17.5 Å². The van der Waals surface area contributed by atoms with Crippen molar-refractivity contribution in [2.24, 2.45) is 0 Å². The van der Waals surface area contributed by atoms with Crippen LogP contribution in [0, 0.1) is 0 Å². The van der Waals surface area contributed by atoms with Gasteiger partial charge in [-0.1, -0.05) is 36.4 Å². The molecule has 1 heterocycles. The fourth-order valence-electron chi connectivity index (χ4n) is 1.91. The summed E-state index contributed by atoms with van der Waals surface area (Å²) in [6.45, 7) is 0. The van der Waals surface area contributed by atoms with Gasteiger partial charge >= 0.3 is 5.97 Å². The Morgan fingerprint density at radius 3 is 2.33 bits per heavy atom. The van der Waals surface area contributed by atoms with Gasteiger partial charge in [0.05, 0.1) is 6.42 Å². The molecule has 2 rings (SSSR count). The van der Waals surface area contributed by atoms with Crippen molar-refractivity contribution in [3.8, 4) is 0 Å². The van der Waals surface area contributed by atoms with Gasteiger partial charge in [0.1, 0.15) is 5.60 Å². The summed E-state index contributed by atoms with van der Waals surface area (Å²) >= 11 is 0. The number of carbonyl (C=O) groups is 1. The average Bonchev–Trinajstić information content (AvgIpc) is 2.40. The normalized spacial score (nSPS) is 13.8. The molecule has 4 heteroatoms. The molecule has 0 saturated heterocycles. The zero-order valence-corrected chi connectivity index (χ0v) is 9.65. The molecule has 1 aromatic heterocycles. The second-order valence-corrected chi connectivity index (χ2v) is 4.04. The molecule has 0 radical (unpaired) electrons. The highest BCUT2D eigenvalue weighted by Gasteiger charge is 2.34. The number of aromatic nitrogens is 1. The lowest BCUT2D eigenvalue weighted by Gasteiger charge is -2.27. The van der Waals surface area contributed by atoms with Crippen molar-refractivity contribution >= 4 is 5.97 Å². The molecule has 0 aliphatic heterocycles. The van der Waals surface area contributed by atoms with Crippen LogP contribution in [0.15, 0.2) is 54.9 Å². The maximum atomic E-state index is 11.0. The SMILES string of the molecule is O=C(O)CC(O)(c1ccccc1)c1cccnc1. The van der Waals surface area contributed by atoms with Crippen molar-refractivity contribution in [1.29, 1.82) is 0 Å². The van der Waals surface area contributed by atoms with Crippen molar-refractivity contribution in [1.82, 2.24) is 4.98 Å². The van der Waals surface area contributed by atoms with Crippen LogP contribution in [0.3, 0.4) is 0 Å². The predicted molar refractivity (Wildman–Crippen MR) is 65.9 cm³/mol. The Hall–Kier alpha value is -2.20. The molecule has 0 amide bonds. The third-order valence-electron chi connectivity index (χ3n) is 2.80. The van der Waals surface area contributed by atoms with E-state index >= 15 is 0 Å². The van der Waals surface area contributed by atoms with Gasteiger partial charge < -0.3 is 10.2 Å². The molecule has 2 N–H and O–H groups in total. The number of hydrogen-bond acceptors (Lipinski definition) is 3. The molecule has 2 aromatic rings. The summed E-state index contributed by atoms with van der Waals surface area (Å²) in [7, 11) is 0. The lowest BCUT2D eigenvalue weighted by Crippen LogP contribution is -2.30. The zero-order valence-electron chi connectivity index (χ0n) is 9.65. The van der Waals surface area contributed by atoms with Gasteiger partial charge in [0.2, 0.25) is 0 Å². The highest BCUT2D eigenvalue weighted by atomic mass is 16.4. The Bertz CT molecular complexity index is 486. The zero-order chi connectivity index (χ0) is 13.0. The van der Waals surface area contributed by atoms with E-state index in [9.17, 15) is 9.90 Å². The van der Waals surface area contributed by atoms with Gasteiger partial charge in [0.25, 0.3) is 0 Å². The lowest BCUT2D eigenvalue weighted by atomic mass is 9.84. The first-order valence-electron chi connectivity index (χ1n) is 5.53. The Morgan fingerprint density at radius 2 is 1.78 bits per heavy atom. The lowest BCUT2D eigenvalue weighted by molar-refractivity contribution is -0.141. The molecule has 92 valence electrons. The summed E-state index contributed by atoms with van der Waals surface area (Å²) in [5, 5.41) is 19.7. The average molecular weight is 243 g/mol. The fourth-order valence-corrected chi connectivity index (χ4v) is 1.91. The van der Waals surface area contributed by atoms with Crippen LogP contribution in [0.25, 0.3) is 0 Å². The van der Waals surface area contributed by atoms with E-state index in [1.165, 1.54) is 6.20 Å². The van der Waals surface area contributed by atoms with Crippen LogP contribution in [-0.4, -0.2) is 21.2 Å². The minimum absolute atomic E-state index is 0.400. The van der Waals surface area contributed by atoms with Crippen molar-refractivity contribution in [2.45, 2.75) is 12.0 Å². The molecule has 0 spiro atoms. The van der Waals surface area contributed by atoms with E-state index in [2.05, 4.69) is 4.98 Å². The number of carboxylic acid groups (broad SMARTS) is 1. The number of aliphatic hydroxyl groups is 1. The molecular weight excluding hydrogens is 230 g/mol. The number of pyridine rings is 1. The minimum atomic E-state index is -1.55. The summed E-state index contributed by atoms with van der Waals surface area (Å²) in [6, 6.07) is 12.1. The maximum absolute atomic E-state index is 11.0. The van der Waals surface area contributed by atoms with E-state index in [1.807, 2.05) is 6.07 Å². The van der Waals surface area contributed by atoms with Gasteiger partial charge in [-0.15, -0.1) is 0 Å². The third kappa shape index (κ3) is 2.38. The van der Waals surface area contributed by atoms with Crippen molar-refractivity contribution in [3.63, 3.8) is 0 Å². The van der Waals surface area contributed by atoms with Crippen LogP contribution < -0.4 is 0 Å². The van der Waals surface area contributed by atoms with Crippen molar-refractivity contribution in [2.75, 3.05) is 0 Å². The number of nitrogens with zero attached hydrogens (tertiary/aromatic N) is 1. The molecule has 0 aliphatic rings. The monoisotopic (exact) mass is 243 g/mol. The minimum Gasteiger partial charge on any atom is -0.481 e. The van der Waals surface area contributed by atoms with Gasteiger partial charge in [-0.3, -0.25) is 9.78 Å². The Labute approximate surface area is 105 Å². The molecular formula is C14H13NO3. The predicted octanol–water partition coefficient (Wildman–Crippen LogP) is 1.79. The number of aliphatic carboxylic acids is 1. The number of hydrogen-bond donors (Lipinski definition) is 2. The molecule has 4 nitrogen and oxygen atoms in total. The van der Waals surface area contributed by atoms with Crippen molar-refractivity contribution < 1.29 is 15.0 Å². The molecule has 18 heavy (non-hydrogen) atoms. The van der Waals surface area contributed by atoms with Gasteiger partial charge in [-0.25, -0.2) is 0 Å². The summed E-state index contributed by atoms with van der Waals surface area (Å²) in [6.07, 6.45) is 2.66. The Morgan fingerprint density at radius 1 is 1.11 bits per heavy atom. The largest absolute Gasteiger partial charge is 0.481 e. The van der Waals surface area contributed by atoms with Gasteiger partial charge in [-0.2, -0.15) is 0 Å². The van der Waals surface area contributed by atoms with Crippen LogP contribution in [0.4, 0.5) is 0 Å². The van der Waals surface area contributed by atoms with Crippen LogP contribution in [0.5, 0.6) is 0 Å². The first kappa shape index (κ1) is 12.3. The first-order valence-corrected chi connectivity index (χ1v) is 5.53. The van der Waals surface area contributed by atoms with Crippen LogP contribution in [-0.2, 0) is 10.4 Å². The molecule has 0 fully saturated rings. The smallest absolute Gasteiger partial charge is 0.307 e. The van der Waals surface area contributed by atoms with E-state index in [-0.39, 0.29) is 0 Å². The van der Waals surface area contributed by atoms with E-state index in [4.69, 9.17) is 5.11 Å². The molecule has 1 aromatic carbocycles. The van der Waals surface area contributed by atoms with Gasteiger partial charge in [0.15, 0.2) is 0 Å². The maximum Gasteiger partial charge on any atom is 0.307 e.